The number of carboxylic acid groups (broad SMARTS) is 1. The number of aliphatic carboxylic acids is 1. The third-order valence-electron chi connectivity index (χ3n) is 2.90. The van der Waals surface area contributed by atoms with E-state index in [4.69, 9.17) is 21.4 Å². The van der Waals surface area contributed by atoms with E-state index in [1.807, 2.05) is 0 Å². The maximum absolute atomic E-state index is 11.0. The number of carboxylic acids is 1. The second kappa shape index (κ2) is 5.41. The highest BCUT2D eigenvalue weighted by Gasteiger charge is 2.35. The van der Waals surface area contributed by atoms with Gasteiger partial charge >= 0.3 is 5.97 Å². The van der Waals surface area contributed by atoms with Crippen molar-refractivity contribution in [2.45, 2.75) is 6.04 Å². The zero-order chi connectivity index (χ0) is 14.0. The minimum Gasteiger partial charge on any atom is -0.481 e. The van der Waals surface area contributed by atoms with Crippen LogP contribution in [-0.2, 0) is 9.53 Å². The summed E-state index contributed by atoms with van der Waals surface area (Å²) in [5.74, 6) is -1.72. The average molecular weight is 287 g/mol. The molecular formula is C11H11ClN2O5. The number of anilines is 1. The van der Waals surface area contributed by atoms with Crippen LogP contribution in [0.1, 0.15) is 0 Å². The topological polar surface area (TPSA) is 102 Å². The molecule has 1 aromatic rings. The average Bonchev–Trinajstić information content (AvgIpc) is 2.79. The predicted molar refractivity (Wildman–Crippen MR) is 67.5 cm³/mol. The molecule has 2 atom stereocenters. The predicted octanol–water partition coefficient (Wildman–Crippen LogP) is 1.76. The fourth-order valence-corrected chi connectivity index (χ4v) is 2.08. The van der Waals surface area contributed by atoms with E-state index in [9.17, 15) is 14.9 Å². The van der Waals surface area contributed by atoms with Gasteiger partial charge in [-0.1, -0.05) is 11.6 Å². The Morgan fingerprint density at radius 1 is 1.53 bits per heavy atom. The van der Waals surface area contributed by atoms with Crippen LogP contribution in [0.25, 0.3) is 0 Å². The Balaban J connectivity index is 2.23. The van der Waals surface area contributed by atoms with Crippen molar-refractivity contribution in [2.24, 2.45) is 5.92 Å². The Bertz CT molecular complexity index is 522. The van der Waals surface area contributed by atoms with E-state index in [0.717, 1.165) is 0 Å². The van der Waals surface area contributed by atoms with E-state index >= 15 is 0 Å². The quantitative estimate of drug-likeness (QED) is 0.646. The molecule has 0 bridgehead atoms. The summed E-state index contributed by atoms with van der Waals surface area (Å²) in [4.78, 5) is 21.4. The summed E-state index contributed by atoms with van der Waals surface area (Å²) in [5, 5.41) is 23.0. The second-order valence-electron chi connectivity index (χ2n) is 4.15. The van der Waals surface area contributed by atoms with Gasteiger partial charge in [0, 0.05) is 11.1 Å². The first kappa shape index (κ1) is 13.6. The molecule has 0 saturated carbocycles. The van der Waals surface area contributed by atoms with Crippen LogP contribution < -0.4 is 5.32 Å². The van der Waals surface area contributed by atoms with Crippen LogP contribution >= 0.6 is 11.6 Å². The van der Waals surface area contributed by atoms with Crippen molar-refractivity contribution in [2.75, 3.05) is 18.5 Å². The summed E-state index contributed by atoms with van der Waals surface area (Å²) in [6.07, 6.45) is 0. The van der Waals surface area contributed by atoms with Crippen molar-refractivity contribution in [3.05, 3.63) is 33.3 Å². The number of nitrogens with one attached hydrogen (secondary N) is 1. The van der Waals surface area contributed by atoms with Gasteiger partial charge in [0.2, 0.25) is 0 Å². The maximum Gasteiger partial charge on any atom is 0.311 e. The van der Waals surface area contributed by atoms with Gasteiger partial charge in [0.15, 0.2) is 0 Å². The number of nitro benzene ring substituents is 1. The summed E-state index contributed by atoms with van der Waals surface area (Å²) < 4.78 is 5.09. The lowest BCUT2D eigenvalue weighted by atomic mass is 10.0. The van der Waals surface area contributed by atoms with Gasteiger partial charge in [0.1, 0.15) is 11.6 Å². The fraction of sp³-hybridized carbons (Fsp3) is 0.364. The molecule has 1 aliphatic rings. The third kappa shape index (κ3) is 2.94. The van der Waals surface area contributed by atoms with Crippen LogP contribution in [0.2, 0.25) is 5.02 Å². The number of carbonyl (C=O) groups is 1. The summed E-state index contributed by atoms with van der Waals surface area (Å²) >= 11 is 5.71. The van der Waals surface area contributed by atoms with Crippen LogP contribution in [0, 0.1) is 16.0 Å². The summed E-state index contributed by atoms with van der Waals surface area (Å²) in [7, 11) is 0. The van der Waals surface area contributed by atoms with Gasteiger partial charge in [-0.25, -0.2) is 0 Å². The van der Waals surface area contributed by atoms with Crippen molar-refractivity contribution in [3.63, 3.8) is 0 Å². The Morgan fingerprint density at radius 2 is 2.26 bits per heavy atom. The monoisotopic (exact) mass is 286 g/mol. The molecule has 0 spiro atoms. The van der Waals surface area contributed by atoms with E-state index in [0.29, 0.717) is 0 Å². The molecule has 2 rings (SSSR count). The molecule has 0 aromatic heterocycles. The number of halogens is 1. The van der Waals surface area contributed by atoms with Crippen LogP contribution in [0.5, 0.6) is 0 Å². The van der Waals surface area contributed by atoms with E-state index in [1.165, 1.54) is 18.2 Å². The number of ether oxygens (including phenoxy) is 1. The minimum atomic E-state index is -0.994. The van der Waals surface area contributed by atoms with Crippen LogP contribution in [0.4, 0.5) is 11.4 Å². The molecule has 8 heteroatoms. The molecule has 1 heterocycles. The van der Waals surface area contributed by atoms with Crippen molar-refractivity contribution in [3.8, 4) is 0 Å². The van der Waals surface area contributed by atoms with Crippen LogP contribution in [-0.4, -0.2) is 35.3 Å². The highest BCUT2D eigenvalue weighted by atomic mass is 35.5. The molecule has 7 nitrogen and oxygen atoms in total. The zero-order valence-electron chi connectivity index (χ0n) is 9.71. The van der Waals surface area contributed by atoms with Crippen LogP contribution in [0.3, 0.4) is 0 Å². The van der Waals surface area contributed by atoms with Gasteiger partial charge in [-0.15, -0.1) is 0 Å². The normalized spacial score (nSPS) is 22.2. The van der Waals surface area contributed by atoms with Gasteiger partial charge in [-0.3, -0.25) is 14.9 Å². The molecule has 102 valence electrons. The SMILES string of the molecule is O=C(O)C1COCC1Nc1ccc(Cl)cc1[N+](=O)[O-]. The Morgan fingerprint density at radius 3 is 2.89 bits per heavy atom. The van der Waals surface area contributed by atoms with E-state index in [1.54, 1.807) is 0 Å². The number of hydrogen-bond donors (Lipinski definition) is 2. The molecule has 2 N–H and O–H groups in total. The number of nitro groups is 1. The van der Waals surface area contributed by atoms with Gasteiger partial charge in [-0.05, 0) is 12.1 Å². The van der Waals surface area contributed by atoms with Crippen molar-refractivity contribution < 1.29 is 19.6 Å². The zero-order valence-corrected chi connectivity index (χ0v) is 10.5. The Kier molecular flexibility index (Phi) is 3.87. The molecule has 1 aromatic carbocycles. The van der Waals surface area contributed by atoms with Crippen molar-refractivity contribution in [1.82, 2.24) is 0 Å². The molecule has 1 fully saturated rings. The van der Waals surface area contributed by atoms with E-state index < -0.39 is 22.9 Å². The second-order valence-corrected chi connectivity index (χ2v) is 4.59. The fourth-order valence-electron chi connectivity index (χ4n) is 1.92. The molecule has 1 saturated heterocycles. The van der Waals surface area contributed by atoms with Gasteiger partial charge in [0.05, 0.1) is 24.2 Å². The molecule has 19 heavy (non-hydrogen) atoms. The number of rotatable bonds is 4. The molecule has 0 radical (unpaired) electrons. The van der Waals surface area contributed by atoms with E-state index in [-0.39, 0.29) is 29.6 Å². The summed E-state index contributed by atoms with van der Waals surface area (Å²) in [5.41, 5.74) is 0.0414. The van der Waals surface area contributed by atoms with E-state index in [2.05, 4.69) is 5.32 Å². The molecule has 0 aliphatic carbocycles. The van der Waals surface area contributed by atoms with Gasteiger partial charge in [-0.2, -0.15) is 0 Å². The van der Waals surface area contributed by atoms with Crippen LogP contribution in [0.15, 0.2) is 18.2 Å². The number of hydrogen-bond acceptors (Lipinski definition) is 5. The molecule has 0 amide bonds. The first-order valence-electron chi connectivity index (χ1n) is 5.50. The molecule has 1 aliphatic heterocycles. The molecule has 2 unspecified atom stereocenters. The lowest BCUT2D eigenvalue weighted by molar-refractivity contribution is -0.384. The largest absolute Gasteiger partial charge is 0.481 e. The summed E-state index contributed by atoms with van der Waals surface area (Å²) in [6.45, 7) is 0.283. The maximum atomic E-state index is 11.0. The summed E-state index contributed by atoms with van der Waals surface area (Å²) in [6, 6.07) is 3.67. The first-order chi connectivity index (χ1) is 8.99. The smallest absolute Gasteiger partial charge is 0.311 e. The van der Waals surface area contributed by atoms with Gasteiger partial charge in [0.25, 0.3) is 5.69 Å². The minimum absolute atomic E-state index is 0.0917. The standard InChI is InChI=1S/C11H11ClN2O5/c12-6-1-2-8(10(3-6)14(17)18)13-9-5-19-4-7(9)11(15)16/h1-3,7,9,13H,4-5H2,(H,15,16). The number of benzene rings is 1. The first-order valence-corrected chi connectivity index (χ1v) is 5.88. The lowest BCUT2D eigenvalue weighted by Gasteiger charge is -2.16. The highest BCUT2D eigenvalue weighted by molar-refractivity contribution is 6.30. The van der Waals surface area contributed by atoms with Crippen molar-refractivity contribution in [1.29, 1.82) is 0 Å². The Hall–Kier alpha value is -1.86. The van der Waals surface area contributed by atoms with Crippen molar-refractivity contribution >= 4 is 28.9 Å². The highest BCUT2D eigenvalue weighted by Crippen LogP contribution is 2.30. The molecular weight excluding hydrogens is 276 g/mol. The van der Waals surface area contributed by atoms with Gasteiger partial charge < -0.3 is 15.2 Å². The lowest BCUT2D eigenvalue weighted by Crippen LogP contribution is -2.33. The third-order valence-corrected chi connectivity index (χ3v) is 3.13. The number of nitrogens with zero attached hydrogens (tertiary/aromatic N) is 1. The Labute approximate surface area is 113 Å².